The van der Waals surface area contributed by atoms with Crippen molar-refractivity contribution in [3.63, 3.8) is 0 Å². The smallest absolute Gasteiger partial charge is 0.231 e. The van der Waals surface area contributed by atoms with Crippen molar-refractivity contribution in [2.75, 3.05) is 28.8 Å². The average molecular weight is 354 g/mol. The summed E-state index contributed by atoms with van der Waals surface area (Å²) in [5, 5.41) is 2.89. The van der Waals surface area contributed by atoms with Gasteiger partial charge in [-0.25, -0.2) is 0 Å². The third-order valence-corrected chi connectivity index (χ3v) is 5.24. The molecule has 1 aliphatic rings. The second kappa shape index (κ2) is 8.21. The number of nitrogens with zero attached hydrogens (tertiary/aromatic N) is 1. The van der Waals surface area contributed by atoms with Crippen molar-refractivity contribution in [2.24, 2.45) is 11.8 Å². The van der Waals surface area contributed by atoms with E-state index in [9.17, 15) is 9.59 Å². The van der Waals surface area contributed by atoms with Crippen molar-refractivity contribution in [3.8, 4) is 0 Å². The highest BCUT2D eigenvalue weighted by atomic mass is 32.2. The molecule has 0 saturated carbocycles. The fraction of sp³-hybridized carbons (Fsp3) is 0.300. The molecule has 1 aliphatic heterocycles. The van der Waals surface area contributed by atoms with Gasteiger partial charge in [0.25, 0.3) is 0 Å². The number of thioether (sulfide) groups is 1. The van der Waals surface area contributed by atoms with Crippen LogP contribution in [0.4, 0.5) is 11.4 Å². The van der Waals surface area contributed by atoms with E-state index in [0.717, 1.165) is 17.1 Å². The lowest BCUT2D eigenvalue weighted by Gasteiger charge is -2.16. The summed E-state index contributed by atoms with van der Waals surface area (Å²) < 4.78 is 0. The van der Waals surface area contributed by atoms with Crippen molar-refractivity contribution < 1.29 is 9.59 Å². The summed E-state index contributed by atoms with van der Waals surface area (Å²) in [6.07, 6.45) is 2.26. The van der Waals surface area contributed by atoms with E-state index in [2.05, 4.69) is 5.32 Å². The van der Waals surface area contributed by atoms with E-state index in [0.29, 0.717) is 6.54 Å². The minimum absolute atomic E-state index is 0.0495. The van der Waals surface area contributed by atoms with E-state index in [1.165, 1.54) is 0 Å². The second-order valence-corrected chi connectivity index (χ2v) is 7.14. The Hall–Kier alpha value is -2.27. The molecule has 1 N–H and O–H groups in total. The van der Waals surface area contributed by atoms with Gasteiger partial charge >= 0.3 is 0 Å². The summed E-state index contributed by atoms with van der Waals surface area (Å²) in [6, 6.07) is 19.1. The molecular weight excluding hydrogens is 332 g/mol. The maximum atomic E-state index is 12.9. The number of hydrogen-bond donors (Lipinski definition) is 1. The van der Waals surface area contributed by atoms with Gasteiger partial charge in [0.05, 0.1) is 5.92 Å². The van der Waals surface area contributed by atoms with Crippen LogP contribution in [0.1, 0.15) is 6.42 Å². The molecule has 4 nitrogen and oxygen atoms in total. The summed E-state index contributed by atoms with van der Waals surface area (Å²) >= 11 is 1.72. The monoisotopic (exact) mass is 354 g/mol. The predicted octanol–water partition coefficient (Wildman–Crippen LogP) is 3.66. The Balaban J connectivity index is 1.71. The van der Waals surface area contributed by atoms with Crippen molar-refractivity contribution in [3.05, 3.63) is 60.7 Å². The lowest BCUT2D eigenvalue weighted by atomic mass is 9.93. The Morgan fingerprint density at radius 3 is 2.40 bits per heavy atom. The summed E-state index contributed by atoms with van der Waals surface area (Å²) in [7, 11) is 0. The number of carbonyl (C=O) groups excluding carboxylic acids is 2. The standard InChI is InChI=1S/C20H22N2O2S/c1-25-14-15-13-22(17-10-6-3-7-11-17)20(24)18(15)12-19(23)21-16-8-4-2-5-9-16/h2-11,15,18H,12-14H2,1H3,(H,21,23)/t15-,18+/m1/s1. The van der Waals surface area contributed by atoms with Gasteiger partial charge in [0.1, 0.15) is 0 Å². The second-order valence-electron chi connectivity index (χ2n) is 6.22. The molecule has 1 heterocycles. The van der Waals surface area contributed by atoms with E-state index in [1.807, 2.05) is 71.8 Å². The minimum atomic E-state index is -0.267. The first-order chi connectivity index (χ1) is 12.2. The molecule has 130 valence electrons. The topological polar surface area (TPSA) is 49.4 Å². The number of hydrogen-bond acceptors (Lipinski definition) is 3. The molecule has 3 rings (SSSR count). The van der Waals surface area contributed by atoms with Gasteiger partial charge in [-0.1, -0.05) is 36.4 Å². The highest BCUT2D eigenvalue weighted by Gasteiger charge is 2.41. The fourth-order valence-electron chi connectivity index (χ4n) is 3.26. The molecular formula is C20H22N2O2S. The van der Waals surface area contributed by atoms with E-state index in [-0.39, 0.29) is 30.1 Å². The van der Waals surface area contributed by atoms with Gasteiger partial charge in [-0.3, -0.25) is 9.59 Å². The van der Waals surface area contributed by atoms with Gasteiger partial charge < -0.3 is 10.2 Å². The Morgan fingerprint density at radius 1 is 1.12 bits per heavy atom. The Bertz CT molecular complexity index is 721. The lowest BCUT2D eigenvalue weighted by Crippen LogP contribution is -2.29. The van der Waals surface area contributed by atoms with Gasteiger partial charge in [0, 0.05) is 24.3 Å². The molecule has 2 amide bonds. The van der Waals surface area contributed by atoms with Gasteiger partial charge in [-0.15, -0.1) is 0 Å². The molecule has 1 saturated heterocycles. The van der Waals surface area contributed by atoms with Crippen LogP contribution >= 0.6 is 11.8 Å². The van der Waals surface area contributed by atoms with Crippen LogP contribution in [0.25, 0.3) is 0 Å². The van der Waals surface area contributed by atoms with Gasteiger partial charge in [0.2, 0.25) is 11.8 Å². The Labute approximate surface area is 152 Å². The number of nitrogens with one attached hydrogen (secondary N) is 1. The Morgan fingerprint density at radius 2 is 1.76 bits per heavy atom. The van der Waals surface area contributed by atoms with Crippen LogP contribution in [0.5, 0.6) is 0 Å². The van der Waals surface area contributed by atoms with Gasteiger partial charge in [-0.05, 0) is 42.2 Å². The van der Waals surface area contributed by atoms with Crippen LogP contribution in [0.3, 0.4) is 0 Å². The average Bonchev–Trinajstić information content (AvgIpc) is 2.93. The molecule has 1 fully saturated rings. The third kappa shape index (κ3) is 4.23. The molecule has 0 bridgehead atoms. The van der Waals surface area contributed by atoms with Crippen LogP contribution < -0.4 is 10.2 Å². The zero-order valence-electron chi connectivity index (χ0n) is 14.2. The third-order valence-electron chi connectivity index (χ3n) is 4.48. The van der Waals surface area contributed by atoms with E-state index >= 15 is 0 Å². The molecule has 0 aliphatic carbocycles. The zero-order chi connectivity index (χ0) is 17.6. The number of amides is 2. The molecule has 0 aromatic heterocycles. The van der Waals surface area contributed by atoms with Crippen LogP contribution in [-0.4, -0.2) is 30.4 Å². The minimum Gasteiger partial charge on any atom is -0.326 e. The van der Waals surface area contributed by atoms with Crippen molar-refractivity contribution in [2.45, 2.75) is 6.42 Å². The molecule has 2 aromatic carbocycles. The van der Waals surface area contributed by atoms with Crippen LogP contribution in [0.2, 0.25) is 0 Å². The Kier molecular flexibility index (Phi) is 5.76. The summed E-state index contributed by atoms with van der Waals surface area (Å²) in [6.45, 7) is 0.674. The normalized spacial score (nSPS) is 19.9. The summed E-state index contributed by atoms with van der Waals surface area (Å²) in [5.41, 5.74) is 1.67. The number of para-hydroxylation sites is 2. The number of carbonyl (C=O) groups is 2. The summed E-state index contributed by atoms with van der Waals surface area (Å²) in [5.74, 6) is 0.734. The van der Waals surface area contributed by atoms with Crippen LogP contribution in [0.15, 0.2) is 60.7 Å². The van der Waals surface area contributed by atoms with Gasteiger partial charge in [-0.2, -0.15) is 11.8 Å². The number of rotatable bonds is 6. The maximum Gasteiger partial charge on any atom is 0.231 e. The van der Waals surface area contributed by atoms with E-state index in [4.69, 9.17) is 0 Å². The van der Waals surface area contributed by atoms with Crippen molar-refractivity contribution in [1.29, 1.82) is 0 Å². The van der Waals surface area contributed by atoms with Gasteiger partial charge in [0.15, 0.2) is 0 Å². The molecule has 5 heteroatoms. The number of anilines is 2. The largest absolute Gasteiger partial charge is 0.326 e. The first kappa shape index (κ1) is 17.5. The highest BCUT2D eigenvalue weighted by Crippen LogP contribution is 2.33. The van der Waals surface area contributed by atoms with Crippen molar-refractivity contribution >= 4 is 35.0 Å². The molecule has 25 heavy (non-hydrogen) atoms. The first-order valence-corrected chi connectivity index (χ1v) is 9.78. The molecule has 0 spiro atoms. The SMILES string of the molecule is CSC[C@H]1CN(c2ccccc2)C(=O)[C@H]1CC(=O)Nc1ccccc1. The van der Waals surface area contributed by atoms with Crippen LogP contribution in [0, 0.1) is 11.8 Å². The molecule has 0 radical (unpaired) electrons. The summed E-state index contributed by atoms with van der Waals surface area (Å²) in [4.78, 5) is 27.2. The zero-order valence-corrected chi connectivity index (χ0v) is 15.0. The van der Waals surface area contributed by atoms with E-state index < -0.39 is 0 Å². The highest BCUT2D eigenvalue weighted by molar-refractivity contribution is 7.98. The number of benzene rings is 2. The molecule has 2 atom stereocenters. The van der Waals surface area contributed by atoms with Crippen LogP contribution in [-0.2, 0) is 9.59 Å². The molecule has 0 unspecified atom stereocenters. The fourth-order valence-corrected chi connectivity index (χ4v) is 4.03. The lowest BCUT2D eigenvalue weighted by molar-refractivity contribution is -0.125. The van der Waals surface area contributed by atoms with E-state index in [1.54, 1.807) is 11.8 Å². The first-order valence-electron chi connectivity index (χ1n) is 8.39. The molecule has 2 aromatic rings. The predicted molar refractivity (Wildman–Crippen MR) is 104 cm³/mol. The maximum absolute atomic E-state index is 12.9. The quantitative estimate of drug-likeness (QED) is 0.861. The van der Waals surface area contributed by atoms with Crippen molar-refractivity contribution in [1.82, 2.24) is 0 Å².